The van der Waals surface area contributed by atoms with Gasteiger partial charge in [-0.3, -0.25) is 4.79 Å². The van der Waals surface area contributed by atoms with E-state index in [2.05, 4.69) is 0 Å². The van der Waals surface area contributed by atoms with E-state index < -0.39 is 62.8 Å². The maximum Gasteiger partial charge on any atom is 0.342 e. The fraction of sp³-hybridized carbons (Fsp3) is 0. The van der Waals surface area contributed by atoms with Crippen LogP contribution in [0.25, 0.3) is 11.1 Å². The molecule has 0 spiro atoms. The van der Waals surface area contributed by atoms with Crippen LogP contribution in [0.3, 0.4) is 0 Å². The molecule has 23 heavy (non-hydrogen) atoms. The summed E-state index contributed by atoms with van der Waals surface area (Å²) in [6.45, 7) is 0. The molecule has 0 aliphatic heterocycles. The summed E-state index contributed by atoms with van der Waals surface area (Å²) in [5.74, 6) is -6.79. The highest BCUT2D eigenvalue weighted by Gasteiger charge is 2.29. The van der Waals surface area contributed by atoms with Crippen LogP contribution in [0.4, 0.5) is 5.82 Å². The van der Waals surface area contributed by atoms with Crippen LogP contribution in [0.1, 0.15) is 20.7 Å². The monoisotopic (exact) mass is 322 g/mol. The Hall–Kier alpha value is -3.69. The van der Waals surface area contributed by atoms with Gasteiger partial charge in [-0.1, -0.05) is 0 Å². The molecule has 0 saturated heterocycles. The van der Waals surface area contributed by atoms with Crippen molar-refractivity contribution >= 4 is 17.8 Å². The Morgan fingerprint density at radius 2 is 1.52 bits per heavy atom. The Kier molecular flexibility index (Phi) is 3.59. The molecule has 0 saturated carbocycles. The fourth-order valence-corrected chi connectivity index (χ4v) is 2.09. The third-order valence-corrected chi connectivity index (χ3v) is 3.07. The highest BCUT2D eigenvalue weighted by atomic mass is 16.4. The minimum atomic E-state index is -1.77. The molecule has 1 heterocycles. The Morgan fingerprint density at radius 3 is 2.04 bits per heavy atom. The van der Waals surface area contributed by atoms with Crippen LogP contribution >= 0.6 is 0 Å². The van der Waals surface area contributed by atoms with Crippen LogP contribution in [0.15, 0.2) is 16.9 Å². The molecule has 10 heteroatoms. The summed E-state index contributed by atoms with van der Waals surface area (Å²) in [7, 11) is 0. The fourth-order valence-electron chi connectivity index (χ4n) is 2.09. The number of nitrogen functional groups attached to an aromatic ring is 1. The lowest BCUT2D eigenvalue weighted by Gasteiger charge is -2.14. The molecule has 10 nitrogen and oxygen atoms in total. The lowest BCUT2D eigenvalue weighted by molar-refractivity contribution is 0.0695. The van der Waals surface area contributed by atoms with Crippen molar-refractivity contribution in [2.24, 2.45) is 0 Å². The molecule has 120 valence electrons. The molecule has 0 radical (unpaired) electrons. The van der Waals surface area contributed by atoms with Crippen LogP contribution < -0.4 is 11.3 Å². The second kappa shape index (κ2) is 5.26. The number of phenols is 3. The average Bonchev–Trinajstić information content (AvgIpc) is 2.43. The number of pyridine rings is 1. The molecular formula is C13H10N2O8. The topological polar surface area (TPSA) is 194 Å². The van der Waals surface area contributed by atoms with Crippen LogP contribution in [0.5, 0.6) is 17.2 Å². The van der Waals surface area contributed by atoms with Gasteiger partial charge in [0.2, 0.25) is 5.75 Å². The Labute approximate surface area is 126 Å². The summed E-state index contributed by atoms with van der Waals surface area (Å²) in [5, 5.41) is 47.1. The summed E-state index contributed by atoms with van der Waals surface area (Å²) in [5.41, 5.74) is 1.28. The van der Waals surface area contributed by atoms with Gasteiger partial charge in [-0.15, -0.1) is 0 Å². The Bertz CT molecular complexity index is 900. The van der Waals surface area contributed by atoms with Crippen molar-refractivity contribution < 1.29 is 35.1 Å². The summed E-state index contributed by atoms with van der Waals surface area (Å²) in [4.78, 5) is 36.4. The van der Waals surface area contributed by atoms with Gasteiger partial charge in [0.1, 0.15) is 16.9 Å². The standard InChI is InChI=1S/C13H10N2O8/c14-10-6(12(20)21)5(7(13(22)23)11(19)15-10)3-1-2-4(16)9(18)8(3)17/h1-2,16-18H,(H,20,21)(H,22,23)(H3,14,15,19). The van der Waals surface area contributed by atoms with E-state index in [4.69, 9.17) is 5.73 Å². The van der Waals surface area contributed by atoms with Crippen LogP contribution in [-0.2, 0) is 0 Å². The summed E-state index contributed by atoms with van der Waals surface area (Å²) >= 11 is 0. The number of aromatic nitrogens is 1. The minimum Gasteiger partial charge on any atom is -0.504 e. The van der Waals surface area contributed by atoms with Crippen LogP contribution in [0, 0.1) is 0 Å². The highest BCUT2D eigenvalue weighted by Crippen LogP contribution is 2.44. The zero-order valence-electron chi connectivity index (χ0n) is 11.2. The molecule has 0 bridgehead atoms. The van der Waals surface area contributed by atoms with Crippen molar-refractivity contribution in [2.75, 3.05) is 5.73 Å². The lowest BCUT2D eigenvalue weighted by atomic mass is 9.94. The molecular weight excluding hydrogens is 312 g/mol. The number of aromatic amines is 1. The van der Waals surface area contributed by atoms with Crippen molar-refractivity contribution in [3.63, 3.8) is 0 Å². The molecule has 2 aromatic rings. The number of carboxylic acids is 2. The molecule has 0 unspecified atom stereocenters. The van der Waals surface area contributed by atoms with E-state index in [1.54, 1.807) is 0 Å². The number of rotatable bonds is 3. The normalized spacial score (nSPS) is 10.4. The maximum atomic E-state index is 11.8. The SMILES string of the molecule is Nc1[nH]c(=O)c(C(=O)O)c(-c2ccc(O)c(O)c2O)c1C(=O)O. The van der Waals surface area contributed by atoms with E-state index in [0.29, 0.717) is 0 Å². The smallest absolute Gasteiger partial charge is 0.342 e. The Morgan fingerprint density at radius 1 is 0.957 bits per heavy atom. The van der Waals surface area contributed by atoms with Crippen molar-refractivity contribution in [2.45, 2.75) is 0 Å². The number of hydrogen-bond acceptors (Lipinski definition) is 7. The first-order valence-corrected chi connectivity index (χ1v) is 5.93. The van der Waals surface area contributed by atoms with Gasteiger partial charge in [0.15, 0.2) is 11.5 Å². The third kappa shape index (κ3) is 2.37. The number of carbonyl (C=O) groups is 2. The second-order valence-electron chi connectivity index (χ2n) is 4.43. The molecule has 8 N–H and O–H groups in total. The number of phenolic OH excluding ortho intramolecular Hbond substituents is 3. The number of H-pyrrole nitrogens is 1. The number of benzene rings is 1. The first-order valence-electron chi connectivity index (χ1n) is 5.93. The predicted molar refractivity (Wildman–Crippen MR) is 75.8 cm³/mol. The van der Waals surface area contributed by atoms with Crippen LogP contribution in [0.2, 0.25) is 0 Å². The van der Waals surface area contributed by atoms with Gasteiger partial charge >= 0.3 is 11.9 Å². The van der Waals surface area contributed by atoms with E-state index in [9.17, 15) is 39.9 Å². The molecule has 0 aliphatic carbocycles. The summed E-state index contributed by atoms with van der Waals surface area (Å²) in [6, 6.07) is 1.83. The van der Waals surface area contributed by atoms with Gasteiger partial charge in [-0.2, -0.15) is 0 Å². The highest BCUT2D eigenvalue weighted by molar-refractivity contribution is 6.08. The molecule has 1 aromatic heterocycles. The second-order valence-corrected chi connectivity index (χ2v) is 4.43. The molecule has 0 atom stereocenters. The largest absolute Gasteiger partial charge is 0.504 e. The first kappa shape index (κ1) is 15.7. The number of carboxylic acid groups (broad SMARTS) is 2. The molecule has 2 rings (SSSR count). The van der Waals surface area contributed by atoms with Gasteiger partial charge in [-0.25, -0.2) is 9.59 Å². The van der Waals surface area contributed by atoms with Gasteiger partial charge in [0, 0.05) is 11.1 Å². The van der Waals surface area contributed by atoms with Gasteiger partial charge in [-0.05, 0) is 12.1 Å². The van der Waals surface area contributed by atoms with Gasteiger partial charge < -0.3 is 36.3 Å². The number of nitrogens with one attached hydrogen (secondary N) is 1. The first-order chi connectivity index (χ1) is 10.7. The number of aromatic hydroxyl groups is 3. The number of anilines is 1. The summed E-state index contributed by atoms with van der Waals surface area (Å²) in [6.07, 6.45) is 0. The summed E-state index contributed by atoms with van der Waals surface area (Å²) < 4.78 is 0. The van der Waals surface area contributed by atoms with E-state index >= 15 is 0 Å². The molecule has 1 aromatic carbocycles. The Balaban J connectivity index is 3.07. The van der Waals surface area contributed by atoms with E-state index in [-0.39, 0.29) is 0 Å². The van der Waals surface area contributed by atoms with Crippen molar-refractivity contribution in [3.05, 3.63) is 33.6 Å². The predicted octanol–water partition coefficient (Wildman–Crippen LogP) is 0.137. The number of nitrogens with two attached hydrogens (primary N) is 1. The minimum absolute atomic E-state index is 0.493. The van der Waals surface area contributed by atoms with Gasteiger partial charge in [0.05, 0.1) is 0 Å². The maximum absolute atomic E-state index is 11.8. The van der Waals surface area contributed by atoms with E-state index in [0.717, 1.165) is 12.1 Å². The molecule has 0 amide bonds. The molecule has 0 fully saturated rings. The van der Waals surface area contributed by atoms with Crippen molar-refractivity contribution in [3.8, 4) is 28.4 Å². The zero-order chi connectivity index (χ0) is 17.5. The lowest BCUT2D eigenvalue weighted by Crippen LogP contribution is -2.24. The average molecular weight is 322 g/mol. The van der Waals surface area contributed by atoms with Crippen LogP contribution in [-0.4, -0.2) is 42.5 Å². The van der Waals surface area contributed by atoms with Crippen molar-refractivity contribution in [1.29, 1.82) is 0 Å². The van der Waals surface area contributed by atoms with Crippen molar-refractivity contribution in [1.82, 2.24) is 4.98 Å². The molecule has 0 aliphatic rings. The third-order valence-electron chi connectivity index (χ3n) is 3.07. The zero-order valence-corrected chi connectivity index (χ0v) is 11.2. The number of hydrogen-bond donors (Lipinski definition) is 7. The quantitative estimate of drug-likeness (QED) is 0.384. The van der Waals surface area contributed by atoms with E-state index in [1.165, 1.54) is 0 Å². The van der Waals surface area contributed by atoms with Gasteiger partial charge in [0.25, 0.3) is 5.56 Å². The number of aromatic carboxylic acids is 2. The van der Waals surface area contributed by atoms with E-state index in [1.807, 2.05) is 4.98 Å².